The Morgan fingerprint density at radius 2 is 1.62 bits per heavy atom. The number of piperazine rings is 1. The highest BCUT2D eigenvalue weighted by molar-refractivity contribution is 6.36. The highest BCUT2D eigenvalue weighted by atomic mass is 35.5. The fourth-order valence-electron chi connectivity index (χ4n) is 2.65. The van der Waals surface area contributed by atoms with Crippen molar-refractivity contribution in [3.8, 4) is 0 Å². The third-order valence-corrected chi connectivity index (χ3v) is 4.80. The van der Waals surface area contributed by atoms with E-state index in [-0.39, 0.29) is 6.03 Å². The molecule has 1 aliphatic rings. The topological polar surface area (TPSA) is 35.6 Å². The number of halogens is 3. The highest BCUT2D eigenvalue weighted by Gasteiger charge is 2.22. The number of nitrogens with one attached hydrogen (secondary N) is 1. The van der Waals surface area contributed by atoms with Gasteiger partial charge in [0.2, 0.25) is 0 Å². The van der Waals surface area contributed by atoms with E-state index in [1.165, 1.54) is 0 Å². The van der Waals surface area contributed by atoms with Crippen LogP contribution in [0.4, 0.5) is 16.2 Å². The van der Waals surface area contributed by atoms with Gasteiger partial charge in [0.15, 0.2) is 0 Å². The van der Waals surface area contributed by atoms with Crippen molar-refractivity contribution in [1.29, 1.82) is 0 Å². The summed E-state index contributed by atoms with van der Waals surface area (Å²) in [6.45, 7) is 2.62. The number of benzene rings is 2. The minimum absolute atomic E-state index is 0.148. The second-order valence-corrected chi connectivity index (χ2v) is 6.73. The lowest BCUT2D eigenvalue weighted by molar-refractivity contribution is 0.208. The Morgan fingerprint density at radius 1 is 0.917 bits per heavy atom. The van der Waals surface area contributed by atoms with Crippen molar-refractivity contribution in [1.82, 2.24) is 4.90 Å². The molecule has 4 nitrogen and oxygen atoms in total. The van der Waals surface area contributed by atoms with Crippen LogP contribution in [0.2, 0.25) is 15.1 Å². The summed E-state index contributed by atoms with van der Waals surface area (Å²) in [5.41, 5.74) is 1.56. The zero-order valence-electron chi connectivity index (χ0n) is 12.8. The normalized spacial score (nSPS) is 14.6. The van der Waals surface area contributed by atoms with Crippen molar-refractivity contribution in [3.05, 3.63) is 57.5 Å². The smallest absolute Gasteiger partial charge is 0.322 e. The summed E-state index contributed by atoms with van der Waals surface area (Å²) in [4.78, 5) is 16.3. The van der Waals surface area contributed by atoms with Crippen molar-refractivity contribution in [2.24, 2.45) is 0 Å². The molecule has 3 rings (SSSR count). The van der Waals surface area contributed by atoms with E-state index >= 15 is 0 Å². The molecule has 1 fully saturated rings. The maximum absolute atomic E-state index is 12.4. The molecule has 0 saturated carbocycles. The maximum atomic E-state index is 12.4. The average Bonchev–Trinajstić information content (AvgIpc) is 2.57. The molecule has 0 aliphatic carbocycles. The monoisotopic (exact) mass is 383 g/mol. The minimum atomic E-state index is -0.148. The SMILES string of the molecule is O=C(Nc1ccccc1Cl)N1CCN(c2ccc(Cl)cc2Cl)CC1. The maximum Gasteiger partial charge on any atom is 0.322 e. The molecule has 7 heteroatoms. The molecule has 0 bridgehead atoms. The Labute approximate surface area is 155 Å². The van der Waals surface area contributed by atoms with E-state index in [9.17, 15) is 4.79 Å². The second-order valence-electron chi connectivity index (χ2n) is 5.48. The van der Waals surface area contributed by atoms with Crippen LogP contribution in [0.15, 0.2) is 42.5 Å². The molecule has 2 amide bonds. The Kier molecular flexibility index (Phi) is 5.39. The number of nitrogens with zero attached hydrogens (tertiary/aromatic N) is 2. The molecule has 1 heterocycles. The van der Waals surface area contributed by atoms with Crippen LogP contribution < -0.4 is 10.2 Å². The lowest BCUT2D eigenvalue weighted by Crippen LogP contribution is -2.50. The van der Waals surface area contributed by atoms with Gasteiger partial charge in [0.1, 0.15) is 0 Å². The summed E-state index contributed by atoms with van der Waals surface area (Å²) in [6.07, 6.45) is 0. The molecule has 0 atom stereocenters. The molecule has 0 unspecified atom stereocenters. The second kappa shape index (κ2) is 7.51. The molecule has 0 radical (unpaired) electrons. The van der Waals surface area contributed by atoms with Crippen molar-refractivity contribution in [2.75, 3.05) is 36.4 Å². The lowest BCUT2D eigenvalue weighted by atomic mass is 10.2. The fraction of sp³-hybridized carbons (Fsp3) is 0.235. The molecule has 1 saturated heterocycles. The summed E-state index contributed by atoms with van der Waals surface area (Å²) in [5.74, 6) is 0. The molecular weight excluding hydrogens is 369 g/mol. The van der Waals surface area contributed by atoms with Gasteiger partial charge in [-0.3, -0.25) is 0 Å². The number of anilines is 2. The fourth-order valence-corrected chi connectivity index (χ4v) is 3.36. The van der Waals surface area contributed by atoms with Gasteiger partial charge < -0.3 is 15.1 Å². The van der Waals surface area contributed by atoms with Crippen LogP contribution in [0.3, 0.4) is 0 Å². The zero-order valence-corrected chi connectivity index (χ0v) is 15.1. The van der Waals surface area contributed by atoms with E-state index in [4.69, 9.17) is 34.8 Å². The number of rotatable bonds is 2. The third-order valence-electron chi connectivity index (χ3n) is 3.93. The summed E-state index contributed by atoms with van der Waals surface area (Å²) >= 11 is 18.3. The molecule has 24 heavy (non-hydrogen) atoms. The molecule has 126 valence electrons. The van der Waals surface area contributed by atoms with Crippen molar-refractivity contribution < 1.29 is 4.79 Å². The van der Waals surface area contributed by atoms with Gasteiger partial charge in [-0.15, -0.1) is 0 Å². The van der Waals surface area contributed by atoms with E-state index in [1.54, 1.807) is 23.1 Å². The molecular formula is C17H16Cl3N3O. The van der Waals surface area contributed by atoms with Crippen LogP contribution in [-0.2, 0) is 0 Å². The number of amides is 2. The van der Waals surface area contributed by atoms with Crippen molar-refractivity contribution in [2.45, 2.75) is 0 Å². The molecule has 2 aromatic rings. The Hall–Kier alpha value is -1.62. The number of para-hydroxylation sites is 1. The van der Waals surface area contributed by atoms with Crippen molar-refractivity contribution in [3.63, 3.8) is 0 Å². The van der Waals surface area contributed by atoms with Gasteiger partial charge in [-0.05, 0) is 30.3 Å². The zero-order chi connectivity index (χ0) is 17.1. The lowest BCUT2D eigenvalue weighted by Gasteiger charge is -2.36. The molecule has 0 aromatic heterocycles. The van der Waals surface area contributed by atoms with Crippen LogP contribution in [0.1, 0.15) is 0 Å². The van der Waals surface area contributed by atoms with Gasteiger partial charge in [-0.1, -0.05) is 46.9 Å². The first-order chi connectivity index (χ1) is 11.5. The predicted molar refractivity (Wildman–Crippen MR) is 101 cm³/mol. The first-order valence-electron chi connectivity index (χ1n) is 7.55. The number of carbonyl (C=O) groups is 1. The summed E-state index contributed by atoms with van der Waals surface area (Å²) in [6, 6.07) is 12.5. The number of urea groups is 1. The van der Waals surface area contributed by atoms with E-state index in [1.807, 2.05) is 24.3 Å². The standard InChI is InChI=1S/C17H16Cl3N3O/c18-12-5-6-16(14(20)11-12)22-7-9-23(10-8-22)17(24)21-15-4-2-1-3-13(15)19/h1-6,11H,7-10H2,(H,21,24). The molecule has 2 aromatic carbocycles. The third kappa shape index (κ3) is 3.89. The average molecular weight is 385 g/mol. The summed E-state index contributed by atoms with van der Waals surface area (Å²) in [5, 5.41) is 4.61. The van der Waals surface area contributed by atoms with Crippen LogP contribution >= 0.6 is 34.8 Å². The number of hydrogen-bond donors (Lipinski definition) is 1. The Balaban J connectivity index is 1.60. The van der Waals surface area contributed by atoms with E-state index in [0.717, 1.165) is 5.69 Å². The number of hydrogen-bond acceptors (Lipinski definition) is 2. The van der Waals surface area contributed by atoms with E-state index in [0.29, 0.717) is 46.9 Å². The molecule has 1 N–H and O–H groups in total. The molecule has 1 aliphatic heterocycles. The van der Waals surface area contributed by atoms with Crippen LogP contribution in [0.25, 0.3) is 0 Å². The Bertz CT molecular complexity index is 746. The minimum Gasteiger partial charge on any atom is -0.367 e. The quantitative estimate of drug-likeness (QED) is 0.791. The Morgan fingerprint density at radius 3 is 2.29 bits per heavy atom. The van der Waals surface area contributed by atoms with Gasteiger partial charge >= 0.3 is 6.03 Å². The number of carbonyl (C=O) groups excluding carboxylic acids is 1. The van der Waals surface area contributed by atoms with Gasteiger partial charge in [0, 0.05) is 31.2 Å². The summed E-state index contributed by atoms with van der Waals surface area (Å²) in [7, 11) is 0. The van der Waals surface area contributed by atoms with E-state index in [2.05, 4.69) is 10.2 Å². The van der Waals surface area contributed by atoms with Crippen molar-refractivity contribution >= 4 is 52.2 Å². The largest absolute Gasteiger partial charge is 0.367 e. The first-order valence-corrected chi connectivity index (χ1v) is 8.68. The molecule has 0 spiro atoms. The first kappa shape index (κ1) is 17.2. The van der Waals surface area contributed by atoms with Crippen LogP contribution in [0.5, 0.6) is 0 Å². The highest BCUT2D eigenvalue weighted by Crippen LogP contribution is 2.29. The van der Waals surface area contributed by atoms with Crippen LogP contribution in [0, 0.1) is 0 Å². The van der Waals surface area contributed by atoms with E-state index < -0.39 is 0 Å². The van der Waals surface area contributed by atoms with Gasteiger partial charge in [0.25, 0.3) is 0 Å². The van der Waals surface area contributed by atoms with Crippen LogP contribution in [-0.4, -0.2) is 37.1 Å². The van der Waals surface area contributed by atoms with Gasteiger partial charge in [-0.2, -0.15) is 0 Å². The van der Waals surface area contributed by atoms with Gasteiger partial charge in [-0.25, -0.2) is 4.79 Å². The van der Waals surface area contributed by atoms with Gasteiger partial charge in [0.05, 0.1) is 21.4 Å². The summed E-state index contributed by atoms with van der Waals surface area (Å²) < 4.78 is 0. The predicted octanol–water partition coefficient (Wildman–Crippen LogP) is 5.00.